The van der Waals surface area contributed by atoms with Crippen molar-refractivity contribution in [1.29, 1.82) is 0 Å². The minimum Gasteiger partial charge on any atom is -0.207 e. The van der Waals surface area contributed by atoms with Gasteiger partial charge in [-0.1, -0.05) is 52.0 Å². The van der Waals surface area contributed by atoms with Gasteiger partial charge in [0.25, 0.3) is 0 Å². The third kappa shape index (κ3) is 3.39. The van der Waals surface area contributed by atoms with Gasteiger partial charge in [-0.2, -0.15) is 0 Å². The van der Waals surface area contributed by atoms with E-state index in [1.54, 1.807) is 6.07 Å². The van der Waals surface area contributed by atoms with Crippen molar-refractivity contribution in [3.8, 4) is 0 Å². The molecule has 0 N–H and O–H groups in total. The van der Waals surface area contributed by atoms with Crippen molar-refractivity contribution in [2.24, 2.45) is 17.8 Å². The monoisotopic (exact) mass is 302 g/mol. The second kappa shape index (κ2) is 7.15. The zero-order valence-electron chi connectivity index (χ0n) is 14.3. The van der Waals surface area contributed by atoms with E-state index in [1.165, 1.54) is 49.7 Å². The van der Waals surface area contributed by atoms with Gasteiger partial charge in [0.05, 0.1) is 0 Å². The van der Waals surface area contributed by atoms with Crippen molar-refractivity contribution in [3.63, 3.8) is 0 Å². The van der Waals surface area contributed by atoms with Gasteiger partial charge >= 0.3 is 0 Å². The van der Waals surface area contributed by atoms with E-state index in [9.17, 15) is 4.39 Å². The number of aryl methyl sites for hydroxylation is 1. The summed E-state index contributed by atoms with van der Waals surface area (Å²) in [5.41, 5.74) is 3.57. The fraction of sp³-hybridized carbons (Fsp3) is 0.714. The van der Waals surface area contributed by atoms with Gasteiger partial charge < -0.3 is 0 Å². The molecule has 1 unspecified atom stereocenters. The van der Waals surface area contributed by atoms with Crippen LogP contribution in [0.5, 0.6) is 0 Å². The molecule has 0 nitrogen and oxygen atoms in total. The van der Waals surface area contributed by atoms with Crippen molar-refractivity contribution in [2.45, 2.75) is 78.1 Å². The normalized spacial score (nSPS) is 27.9. The average molecular weight is 302 g/mol. The number of hydrogen-bond donors (Lipinski definition) is 0. The molecule has 1 aromatic rings. The second-order valence-corrected chi connectivity index (χ2v) is 7.70. The summed E-state index contributed by atoms with van der Waals surface area (Å²) >= 11 is 0. The molecule has 122 valence electrons. The predicted octanol–water partition coefficient (Wildman–Crippen LogP) is 6.10. The Hall–Kier alpha value is -0.850. The van der Waals surface area contributed by atoms with Crippen molar-refractivity contribution in [2.75, 3.05) is 0 Å². The lowest BCUT2D eigenvalue weighted by atomic mass is 9.74. The topological polar surface area (TPSA) is 0 Å². The third-order valence-electron chi connectivity index (χ3n) is 6.09. The Balaban J connectivity index is 1.63. The zero-order valence-corrected chi connectivity index (χ0v) is 14.3. The zero-order chi connectivity index (χ0) is 15.5. The highest BCUT2D eigenvalue weighted by Crippen LogP contribution is 2.42. The molecule has 0 radical (unpaired) electrons. The molecule has 1 fully saturated rings. The molecule has 1 heteroatoms. The van der Waals surface area contributed by atoms with Crippen LogP contribution in [-0.2, 0) is 19.3 Å². The van der Waals surface area contributed by atoms with Crippen LogP contribution in [0.4, 0.5) is 4.39 Å². The van der Waals surface area contributed by atoms with Gasteiger partial charge in [0.1, 0.15) is 5.82 Å². The second-order valence-electron chi connectivity index (χ2n) is 7.70. The molecule has 0 aliphatic heterocycles. The predicted molar refractivity (Wildman–Crippen MR) is 91.6 cm³/mol. The van der Waals surface area contributed by atoms with Crippen LogP contribution in [0.2, 0.25) is 0 Å². The van der Waals surface area contributed by atoms with Crippen molar-refractivity contribution < 1.29 is 4.39 Å². The maximum Gasteiger partial charge on any atom is 0.126 e. The van der Waals surface area contributed by atoms with Crippen LogP contribution in [0.25, 0.3) is 0 Å². The van der Waals surface area contributed by atoms with E-state index in [1.807, 2.05) is 0 Å². The van der Waals surface area contributed by atoms with E-state index in [-0.39, 0.29) is 5.82 Å². The highest BCUT2D eigenvalue weighted by Gasteiger charge is 2.33. The first kappa shape index (κ1) is 16.0. The smallest absolute Gasteiger partial charge is 0.126 e. The molecule has 2 aliphatic rings. The fourth-order valence-electron chi connectivity index (χ4n) is 4.91. The highest BCUT2D eigenvalue weighted by molar-refractivity contribution is 5.37. The van der Waals surface area contributed by atoms with Crippen LogP contribution >= 0.6 is 0 Å². The highest BCUT2D eigenvalue weighted by atomic mass is 19.1. The van der Waals surface area contributed by atoms with Gasteiger partial charge in [-0.3, -0.25) is 0 Å². The molecule has 0 bridgehead atoms. The molecule has 0 amide bonds. The summed E-state index contributed by atoms with van der Waals surface area (Å²) in [6.45, 7) is 4.47. The standard InChI is InChI=1S/C21H31F/c1-3-5-15-7-9-17(10-8-15)18-13-19-11-16(6-4-2)12-21(22)20(19)14-18/h11-12,15,17-18H,3-10,13-14H2,1-2H3/t15-,17-,18?. The Morgan fingerprint density at radius 3 is 2.41 bits per heavy atom. The SMILES string of the molecule is CCCc1cc(F)c2c(c1)CC([C@H]1CC[C@H](CCC)CC1)C2. The van der Waals surface area contributed by atoms with Crippen molar-refractivity contribution >= 4 is 0 Å². The van der Waals surface area contributed by atoms with E-state index in [4.69, 9.17) is 0 Å². The molecular formula is C21H31F. The fourth-order valence-corrected chi connectivity index (χ4v) is 4.91. The molecule has 0 spiro atoms. The lowest BCUT2D eigenvalue weighted by Gasteiger charge is -2.32. The van der Waals surface area contributed by atoms with Crippen LogP contribution in [0.3, 0.4) is 0 Å². The van der Waals surface area contributed by atoms with Gasteiger partial charge in [0, 0.05) is 0 Å². The molecule has 0 saturated heterocycles. The first-order valence-electron chi connectivity index (χ1n) is 9.51. The molecule has 0 heterocycles. The Kier molecular flexibility index (Phi) is 5.21. The Morgan fingerprint density at radius 2 is 1.73 bits per heavy atom. The molecular weight excluding hydrogens is 271 g/mol. The van der Waals surface area contributed by atoms with Crippen LogP contribution in [-0.4, -0.2) is 0 Å². The van der Waals surface area contributed by atoms with Crippen molar-refractivity contribution in [3.05, 3.63) is 34.6 Å². The molecule has 22 heavy (non-hydrogen) atoms. The Morgan fingerprint density at radius 1 is 0.955 bits per heavy atom. The van der Waals surface area contributed by atoms with Crippen molar-refractivity contribution in [1.82, 2.24) is 0 Å². The quantitative estimate of drug-likeness (QED) is 0.616. The number of benzene rings is 1. The summed E-state index contributed by atoms with van der Waals surface area (Å²) < 4.78 is 14.4. The summed E-state index contributed by atoms with van der Waals surface area (Å²) in [7, 11) is 0. The molecule has 2 aliphatic carbocycles. The average Bonchev–Trinajstić information content (AvgIpc) is 2.93. The molecule has 1 saturated carbocycles. The minimum absolute atomic E-state index is 0.0723. The van der Waals surface area contributed by atoms with E-state index in [0.717, 1.165) is 43.1 Å². The molecule has 1 atom stereocenters. The molecule has 1 aromatic carbocycles. The number of halogens is 1. The minimum atomic E-state index is 0.0723. The summed E-state index contributed by atoms with van der Waals surface area (Å²) in [5, 5.41) is 0. The van der Waals surface area contributed by atoms with Gasteiger partial charge in [0.15, 0.2) is 0 Å². The maximum atomic E-state index is 14.4. The lowest BCUT2D eigenvalue weighted by molar-refractivity contribution is 0.201. The molecule has 0 aromatic heterocycles. The van der Waals surface area contributed by atoms with E-state index < -0.39 is 0 Å². The van der Waals surface area contributed by atoms with Crippen LogP contribution in [0.1, 0.15) is 75.5 Å². The first-order valence-corrected chi connectivity index (χ1v) is 9.51. The van der Waals surface area contributed by atoms with E-state index in [2.05, 4.69) is 19.9 Å². The first-order chi connectivity index (χ1) is 10.7. The summed E-state index contributed by atoms with van der Waals surface area (Å²) in [6.07, 6.45) is 12.6. The Labute approximate surface area is 135 Å². The Bertz CT molecular complexity index is 497. The molecule has 3 rings (SSSR count). The summed E-state index contributed by atoms with van der Waals surface area (Å²) in [5.74, 6) is 2.60. The number of hydrogen-bond acceptors (Lipinski definition) is 0. The van der Waals surface area contributed by atoms with Crippen LogP contribution in [0.15, 0.2) is 12.1 Å². The van der Waals surface area contributed by atoms with Crippen LogP contribution in [0, 0.1) is 23.6 Å². The number of fused-ring (bicyclic) bond motifs is 1. The lowest BCUT2D eigenvalue weighted by Crippen LogP contribution is -2.22. The van der Waals surface area contributed by atoms with E-state index in [0.29, 0.717) is 5.92 Å². The maximum absolute atomic E-state index is 14.4. The van der Waals surface area contributed by atoms with Crippen LogP contribution < -0.4 is 0 Å². The van der Waals surface area contributed by atoms with E-state index >= 15 is 0 Å². The largest absolute Gasteiger partial charge is 0.207 e. The summed E-state index contributed by atoms with van der Waals surface area (Å²) in [6, 6.07) is 4.09. The van der Waals surface area contributed by atoms with Gasteiger partial charge in [-0.05, 0) is 72.6 Å². The third-order valence-corrected chi connectivity index (χ3v) is 6.09. The van der Waals surface area contributed by atoms with Gasteiger partial charge in [-0.25, -0.2) is 4.39 Å². The van der Waals surface area contributed by atoms with Gasteiger partial charge in [-0.15, -0.1) is 0 Å². The summed E-state index contributed by atoms with van der Waals surface area (Å²) in [4.78, 5) is 0. The van der Waals surface area contributed by atoms with Gasteiger partial charge in [0.2, 0.25) is 0 Å². The number of rotatable bonds is 5.